The van der Waals surface area contributed by atoms with Gasteiger partial charge in [-0.25, -0.2) is 9.97 Å². The van der Waals surface area contributed by atoms with Gasteiger partial charge in [0.1, 0.15) is 5.52 Å². The molecule has 0 radical (unpaired) electrons. The second-order valence-corrected chi connectivity index (χ2v) is 3.16. The number of nitrogens with one attached hydrogen (secondary N) is 1. The highest BCUT2D eigenvalue weighted by Crippen LogP contribution is 2.14. The van der Waals surface area contributed by atoms with Gasteiger partial charge in [0.25, 0.3) is 0 Å². The molecule has 0 amide bonds. The minimum Gasteiger partial charge on any atom is -0.369 e. The summed E-state index contributed by atoms with van der Waals surface area (Å²) in [5, 5.41) is 3.03. The van der Waals surface area contributed by atoms with Crippen molar-refractivity contribution in [1.29, 1.82) is 0 Å². The SMILES string of the molecule is CNCCn1c(N)nc2cnc(N)nc21. The van der Waals surface area contributed by atoms with Crippen LogP contribution in [0.1, 0.15) is 0 Å². The van der Waals surface area contributed by atoms with Gasteiger partial charge in [-0.3, -0.25) is 4.57 Å². The summed E-state index contributed by atoms with van der Waals surface area (Å²) in [6.07, 6.45) is 1.57. The van der Waals surface area contributed by atoms with Gasteiger partial charge < -0.3 is 16.8 Å². The topological polar surface area (TPSA) is 108 Å². The number of hydrogen-bond donors (Lipinski definition) is 3. The number of aromatic nitrogens is 4. The van der Waals surface area contributed by atoms with Gasteiger partial charge in [0.2, 0.25) is 11.9 Å². The fourth-order valence-electron chi connectivity index (χ4n) is 1.39. The lowest BCUT2D eigenvalue weighted by Crippen LogP contribution is -2.16. The maximum atomic E-state index is 5.76. The van der Waals surface area contributed by atoms with E-state index in [0.717, 1.165) is 6.54 Å². The zero-order chi connectivity index (χ0) is 10.8. The normalized spacial score (nSPS) is 11.0. The molecule has 5 N–H and O–H groups in total. The van der Waals surface area contributed by atoms with Crippen LogP contribution in [0.2, 0.25) is 0 Å². The van der Waals surface area contributed by atoms with Gasteiger partial charge in [0.05, 0.1) is 6.20 Å². The molecule has 80 valence electrons. The van der Waals surface area contributed by atoms with E-state index in [1.54, 1.807) is 6.20 Å². The molecule has 0 fully saturated rings. The average Bonchev–Trinajstić information content (AvgIpc) is 2.51. The monoisotopic (exact) mass is 207 g/mol. The molecule has 0 atom stereocenters. The van der Waals surface area contributed by atoms with Crippen LogP contribution in [-0.2, 0) is 6.54 Å². The third kappa shape index (κ3) is 1.68. The van der Waals surface area contributed by atoms with Gasteiger partial charge in [0, 0.05) is 13.1 Å². The van der Waals surface area contributed by atoms with E-state index >= 15 is 0 Å². The van der Waals surface area contributed by atoms with E-state index in [2.05, 4.69) is 20.3 Å². The summed E-state index contributed by atoms with van der Waals surface area (Å²) in [5.41, 5.74) is 12.6. The van der Waals surface area contributed by atoms with Gasteiger partial charge in [-0.15, -0.1) is 0 Å². The Kier molecular flexibility index (Phi) is 2.38. The predicted molar refractivity (Wildman–Crippen MR) is 58.1 cm³/mol. The highest BCUT2D eigenvalue weighted by Gasteiger charge is 2.09. The molecule has 2 aromatic rings. The number of anilines is 2. The Bertz CT molecular complexity index is 475. The standard InChI is InChI=1S/C8H13N7/c1-11-2-3-15-6-5(13-8(15)10)4-12-7(9)14-6/h4,11H,2-3H2,1H3,(H2,10,13)(H2,9,12,14). The number of nitrogen functional groups attached to an aromatic ring is 2. The second kappa shape index (κ2) is 3.70. The summed E-state index contributed by atoms with van der Waals surface area (Å²) >= 11 is 0. The number of nitrogens with zero attached hydrogens (tertiary/aromatic N) is 4. The highest BCUT2D eigenvalue weighted by molar-refractivity contribution is 5.74. The van der Waals surface area contributed by atoms with E-state index in [-0.39, 0.29) is 5.95 Å². The zero-order valence-electron chi connectivity index (χ0n) is 8.44. The van der Waals surface area contributed by atoms with E-state index < -0.39 is 0 Å². The van der Waals surface area contributed by atoms with Gasteiger partial charge in [0.15, 0.2) is 5.65 Å². The van der Waals surface area contributed by atoms with Crippen molar-refractivity contribution in [2.45, 2.75) is 6.54 Å². The van der Waals surface area contributed by atoms with Crippen LogP contribution >= 0.6 is 0 Å². The summed E-state index contributed by atoms with van der Waals surface area (Å²) in [6, 6.07) is 0. The Hall–Kier alpha value is -1.89. The molecule has 0 aliphatic rings. The van der Waals surface area contributed by atoms with Crippen molar-refractivity contribution in [2.75, 3.05) is 25.1 Å². The number of imidazole rings is 1. The third-order valence-corrected chi connectivity index (χ3v) is 2.12. The number of fused-ring (bicyclic) bond motifs is 1. The van der Waals surface area contributed by atoms with Crippen molar-refractivity contribution < 1.29 is 0 Å². The first-order valence-electron chi connectivity index (χ1n) is 4.61. The molecule has 15 heavy (non-hydrogen) atoms. The summed E-state index contributed by atoms with van der Waals surface area (Å²) in [4.78, 5) is 12.1. The molecule has 2 rings (SSSR count). The van der Waals surface area contributed by atoms with E-state index in [9.17, 15) is 0 Å². The van der Waals surface area contributed by atoms with Crippen molar-refractivity contribution in [1.82, 2.24) is 24.8 Å². The van der Waals surface area contributed by atoms with Crippen molar-refractivity contribution in [3.05, 3.63) is 6.20 Å². The first-order valence-corrected chi connectivity index (χ1v) is 4.61. The smallest absolute Gasteiger partial charge is 0.222 e. The molecule has 7 heteroatoms. The highest BCUT2D eigenvalue weighted by atomic mass is 15.2. The zero-order valence-corrected chi connectivity index (χ0v) is 8.44. The molecule has 0 spiro atoms. The van der Waals surface area contributed by atoms with Gasteiger partial charge in [-0.1, -0.05) is 0 Å². The maximum absolute atomic E-state index is 5.76. The molecule has 0 saturated heterocycles. The summed E-state index contributed by atoms with van der Waals surface area (Å²) in [5.74, 6) is 0.660. The van der Waals surface area contributed by atoms with Crippen LogP contribution in [0.15, 0.2) is 6.20 Å². The minimum atomic E-state index is 0.230. The van der Waals surface area contributed by atoms with Gasteiger partial charge in [-0.2, -0.15) is 4.98 Å². The molecule has 0 aromatic carbocycles. The first kappa shape index (κ1) is 9.66. The van der Waals surface area contributed by atoms with Crippen LogP contribution < -0.4 is 16.8 Å². The molecule has 2 heterocycles. The van der Waals surface area contributed by atoms with E-state index in [1.165, 1.54) is 0 Å². The van der Waals surface area contributed by atoms with Gasteiger partial charge in [-0.05, 0) is 7.05 Å². The van der Waals surface area contributed by atoms with Crippen LogP contribution in [0.5, 0.6) is 0 Å². The quantitative estimate of drug-likeness (QED) is 0.608. The Morgan fingerprint density at radius 2 is 2.20 bits per heavy atom. The Balaban J connectivity index is 2.50. The molecule has 2 aromatic heterocycles. The molecular weight excluding hydrogens is 194 g/mol. The molecule has 7 nitrogen and oxygen atoms in total. The molecule has 0 bridgehead atoms. The number of likely N-dealkylation sites (N-methyl/N-ethyl adjacent to an activating group) is 1. The van der Waals surface area contributed by atoms with E-state index in [4.69, 9.17) is 11.5 Å². The molecule has 0 saturated carbocycles. The number of hydrogen-bond acceptors (Lipinski definition) is 6. The molecule has 0 aliphatic heterocycles. The lowest BCUT2D eigenvalue weighted by Gasteiger charge is -2.04. The average molecular weight is 207 g/mol. The summed E-state index contributed by atoms with van der Waals surface area (Å²) in [6.45, 7) is 1.49. The van der Waals surface area contributed by atoms with Crippen molar-refractivity contribution >= 4 is 23.1 Å². The Morgan fingerprint density at radius 1 is 1.40 bits per heavy atom. The van der Waals surface area contributed by atoms with Crippen molar-refractivity contribution in [3.8, 4) is 0 Å². The van der Waals surface area contributed by atoms with Crippen LogP contribution in [-0.4, -0.2) is 33.1 Å². The van der Waals surface area contributed by atoms with E-state index in [1.807, 2.05) is 11.6 Å². The van der Waals surface area contributed by atoms with Crippen LogP contribution in [0.4, 0.5) is 11.9 Å². The largest absolute Gasteiger partial charge is 0.369 e. The number of rotatable bonds is 3. The fraction of sp³-hybridized carbons (Fsp3) is 0.375. The van der Waals surface area contributed by atoms with Crippen molar-refractivity contribution in [3.63, 3.8) is 0 Å². The minimum absolute atomic E-state index is 0.230. The Morgan fingerprint density at radius 3 is 2.93 bits per heavy atom. The van der Waals surface area contributed by atoms with Gasteiger partial charge >= 0.3 is 0 Å². The molecular formula is C8H13N7. The Labute approximate surface area is 86.5 Å². The van der Waals surface area contributed by atoms with Crippen molar-refractivity contribution in [2.24, 2.45) is 0 Å². The van der Waals surface area contributed by atoms with Crippen LogP contribution in [0.3, 0.4) is 0 Å². The predicted octanol–water partition coefficient (Wildman–Crippen LogP) is -0.790. The first-order chi connectivity index (χ1) is 7.22. The third-order valence-electron chi connectivity index (χ3n) is 2.12. The molecule has 0 aliphatic carbocycles. The lowest BCUT2D eigenvalue weighted by atomic mass is 10.5. The van der Waals surface area contributed by atoms with Crippen LogP contribution in [0, 0.1) is 0 Å². The van der Waals surface area contributed by atoms with Crippen LogP contribution in [0.25, 0.3) is 11.2 Å². The number of nitrogens with two attached hydrogens (primary N) is 2. The van der Waals surface area contributed by atoms with E-state index in [0.29, 0.717) is 23.7 Å². The summed E-state index contributed by atoms with van der Waals surface area (Å²) in [7, 11) is 1.87. The lowest BCUT2D eigenvalue weighted by molar-refractivity contribution is 0.661. The maximum Gasteiger partial charge on any atom is 0.222 e. The molecule has 0 unspecified atom stereocenters. The summed E-state index contributed by atoms with van der Waals surface area (Å²) < 4.78 is 1.81. The fourth-order valence-corrected chi connectivity index (χ4v) is 1.39. The second-order valence-electron chi connectivity index (χ2n) is 3.16.